The van der Waals surface area contributed by atoms with Crippen molar-refractivity contribution in [2.24, 2.45) is 0 Å². The summed E-state index contributed by atoms with van der Waals surface area (Å²) in [6.07, 6.45) is 0. The van der Waals surface area contributed by atoms with Crippen LogP contribution in [0.4, 0.5) is 0 Å². The molecule has 11 rings (SSSR count). The highest BCUT2D eigenvalue weighted by Crippen LogP contribution is 2.60. The van der Waals surface area contributed by atoms with Gasteiger partial charge in [-0.15, -0.1) is 0 Å². The Bertz CT molecular complexity index is 2980. The maximum atomic E-state index is 5.54. The van der Waals surface area contributed by atoms with E-state index in [1.54, 1.807) is 0 Å². The van der Waals surface area contributed by atoms with Crippen LogP contribution in [-0.2, 0) is 5.41 Å². The van der Waals surface area contributed by atoms with Crippen molar-refractivity contribution in [3.05, 3.63) is 222 Å². The molecule has 0 spiro atoms. The third kappa shape index (κ3) is 4.30. The Morgan fingerprint density at radius 3 is 1.74 bits per heavy atom. The first kappa shape index (κ1) is 30.5. The normalized spacial score (nSPS) is 13.0. The summed E-state index contributed by atoms with van der Waals surface area (Å²) in [6, 6.07) is 71.9. The first-order chi connectivity index (χ1) is 26.8. The molecule has 0 saturated heterocycles. The second-order valence-corrected chi connectivity index (χ2v) is 14.1. The van der Waals surface area contributed by atoms with E-state index < -0.39 is 5.41 Å². The van der Waals surface area contributed by atoms with Gasteiger partial charge in [0.15, 0.2) is 5.82 Å². The summed E-state index contributed by atoms with van der Waals surface area (Å²) in [5, 5.41) is 3.44. The molecule has 0 radical (unpaired) electrons. The summed E-state index contributed by atoms with van der Waals surface area (Å²) in [7, 11) is 0. The van der Waals surface area contributed by atoms with Crippen molar-refractivity contribution in [3.63, 3.8) is 0 Å². The number of para-hydroxylation sites is 3. The van der Waals surface area contributed by atoms with Crippen LogP contribution in [0, 0.1) is 0 Å². The number of hydrogen-bond acceptors (Lipinski definition) is 2. The Morgan fingerprint density at radius 1 is 0.444 bits per heavy atom. The molecule has 0 saturated carbocycles. The Balaban J connectivity index is 1.39. The highest BCUT2D eigenvalue weighted by atomic mass is 15.0. The number of rotatable bonds is 5. The first-order valence-electron chi connectivity index (χ1n) is 18.5. The van der Waals surface area contributed by atoms with Gasteiger partial charge in [0.1, 0.15) is 0 Å². The number of nitrogens with zero attached hydrogens (tertiary/aromatic N) is 3. The third-order valence-electron chi connectivity index (χ3n) is 11.3. The van der Waals surface area contributed by atoms with Crippen LogP contribution in [-0.4, -0.2) is 14.5 Å². The fraction of sp³-hybridized carbons (Fsp3) is 0.0196. The quantitative estimate of drug-likeness (QED) is 0.180. The van der Waals surface area contributed by atoms with E-state index >= 15 is 0 Å². The van der Waals surface area contributed by atoms with Crippen LogP contribution in [0.25, 0.3) is 72.2 Å². The molecule has 1 aliphatic carbocycles. The molecule has 252 valence electrons. The molecule has 2 heterocycles. The lowest BCUT2D eigenvalue weighted by Gasteiger charge is -2.34. The highest BCUT2D eigenvalue weighted by molar-refractivity contribution is 6.22. The van der Waals surface area contributed by atoms with E-state index in [1.165, 1.54) is 44.2 Å². The molecule has 0 atom stereocenters. The van der Waals surface area contributed by atoms with Gasteiger partial charge in [0.05, 0.1) is 27.7 Å². The molecule has 0 aliphatic heterocycles. The van der Waals surface area contributed by atoms with Gasteiger partial charge in [0.25, 0.3) is 0 Å². The zero-order valence-electron chi connectivity index (χ0n) is 29.4. The van der Waals surface area contributed by atoms with Gasteiger partial charge >= 0.3 is 0 Å². The first-order valence-corrected chi connectivity index (χ1v) is 18.5. The lowest BCUT2D eigenvalue weighted by Crippen LogP contribution is -2.28. The molecule has 3 heteroatoms. The minimum Gasteiger partial charge on any atom is -0.308 e. The average Bonchev–Trinajstić information content (AvgIpc) is 3.75. The minimum atomic E-state index is -0.591. The predicted molar refractivity (Wildman–Crippen MR) is 222 cm³/mol. The topological polar surface area (TPSA) is 30.7 Å². The van der Waals surface area contributed by atoms with Gasteiger partial charge in [-0.25, -0.2) is 9.97 Å². The minimum absolute atomic E-state index is 0.591. The number of fused-ring (bicyclic) bond motifs is 8. The molecule has 3 nitrogen and oxygen atoms in total. The van der Waals surface area contributed by atoms with Crippen molar-refractivity contribution < 1.29 is 0 Å². The summed E-state index contributed by atoms with van der Waals surface area (Å²) in [5.41, 5.74) is 14.1. The fourth-order valence-electron chi connectivity index (χ4n) is 9.11. The molecule has 0 N–H and O–H groups in total. The SMILES string of the molecule is c1ccc(-c2nc(-c3cc4c(c5c6ccccc6n(-c6ccccc6)c35)-c3ccccc3C4(c3ccccc3)c3ccccc3)nc3ccccc23)cc1. The lowest BCUT2D eigenvalue weighted by atomic mass is 9.67. The van der Waals surface area contributed by atoms with E-state index in [0.717, 1.165) is 44.4 Å². The second kappa shape index (κ2) is 12.0. The van der Waals surface area contributed by atoms with E-state index in [-0.39, 0.29) is 0 Å². The zero-order valence-corrected chi connectivity index (χ0v) is 29.4. The van der Waals surface area contributed by atoms with E-state index in [9.17, 15) is 0 Å². The second-order valence-electron chi connectivity index (χ2n) is 14.1. The number of aromatic nitrogens is 3. The smallest absolute Gasteiger partial charge is 0.162 e. The summed E-state index contributed by atoms with van der Waals surface area (Å²) in [5.74, 6) is 0.700. The lowest BCUT2D eigenvalue weighted by molar-refractivity contribution is 0.769. The maximum Gasteiger partial charge on any atom is 0.162 e. The van der Waals surface area contributed by atoms with Crippen LogP contribution in [0.15, 0.2) is 200 Å². The monoisotopic (exact) mass is 687 g/mol. The molecular formula is C51H33N3. The molecule has 0 unspecified atom stereocenters. The zero-order chi connectivity index (χ0) is 35.6. The van der Waals surface area contributed by atoms with Gasteiger partial charge in [0, 0.05) is 33.0 Å². The highest BCUT2D eigenvalue weighted by Gasteiger charge is 2.47. The summed E-state index contributed by atoms with van der Waals surface area (Å²) >= 11 is 0. The van der Waals surface area contributed by atoms with Crippen molar-refractivity contribution in [1.29, 1.82) is 0 Å². The van der Waals surface area contributed by atoms with Crippen molar-refractivity contribution in [3.8, 4) is 39.5 Å². The van der Waals surface area contributed by atoms with Crippen LogP contribution >= 0.6 is 0 Å². The van der Waals surface area contributed by atoms with E-state index in [0.29, 0.717) is 5.82 Å². The fourth-order valence-corrected chi connectivity index (χ4v) is 9.11. The van der Waals surface area contributed by atoms with Gasteiger partial charge in [0.2, 0.25) is 0 Å². The van der Waals surface area contributed by atoms with Gasteiger partial charge < -0.3 is 4.57 Å². The molecular weight excluding hydrogens is 655 g/mol. The van der Waals surface area contributed by atoms with E-state index in [4.69, 9.17) is 9.97 Å². The molecule has 8 aromatic carbocycles. The molecule has 0 fully saturated rings. The van der Waals surface area contributed by atoms with Crippen LogP contribution in [0.5, 0.6) is 0 Å². The van der Waals surface area contributed by atoms with Gasteiger partial charge in [-0.2, -0.15) is 0 Å². The van der Waals surface area contributed by atoms with Crippen molar-refractivity contribution in [2.75, 3.05) is 0 Å². The Morgan fingerprint density at radius 2 is 1.02 bits per heavy atom. The largest absolute Gasteiger partial charge is 0.308 e. The van der Waals surface area contributed by atoms with Gasteiger partial charge in [-0.05, 0) is 63.7 Å². The molecule has 0 amide bonds. The molecule has 54 heavy (non-hydrogen) atoms. The van der Waals surface area contributed by atoms with Crippen molar-refractivity contribution >= 4 is 32.7 Å². The average molecular weight is 688 g/mol. The van der Waals surface area contributed by atoms with Crippen LogP contribution in [0.1, 0.15) is 22.3 Å². The van der Waals surface area contributed by atoms with Crippen molar-refractivity contribution in [1.82, 2.24) is 14.5 Å². The maximum absolute atomic E-state index is 5.54. The van der Waals surface area contributed by atoms with Crippen LogP contribution < -0.4 is 0 Å². The van der Waals surface area contributed by atoms with Gasteiger partial charge in [-0.1, -0.05) is 170 Å². The molecule has 1 aliphatic rings. The van der Waals surface area contributed by atoms with Gasteiger partial charge in [-0.3, -0.25) is 0 Å². The Hall–Kier alpha value is -7.10. The van der Waals surface area contributed by atoms with E-state index in [1.807, 2.05) is 0 Å². The Kier molecular flexibility index (Phi) is 6.77. The number of hydrogen-bond donors (Lipinski definition) is 0. The summed E-state index contributed by atoms with van der Waals surface area (Å²) in [4.78, 5) is 11.0. The Labute approximate surface area is 313 Å². The van der Waals surface area contributed by atoms with Crippen LogP contribution in [0.3, 0.4) is 0 Å². The third-order valence-corrected chi connectivity index (χ3v) is 11.3. The summed E-state index contributed by atoms with van der Waals surface area (Å²) in [6.45, 7) is 0. The van der Waals surface area contributed by atoms with Crippen LogP contribution in [0.2, 0.25) is 0 Å². The molecule has 0 bridgehead atoms. The van der Waals surface area contributed by atoms with E-state index in [2.05, 4.69) is 205 Å². The van der Waals surface area contributed by atoms with Crippen molar-refractivity contribution in [2.45, 2.75) is 5.41 Å². The molecule has 10 aromatic rings. The standard InChI is InChI=1S/C51H33N3/c1-5-19-34(20-6-1)48-39-28-14-17-31-44(39)52-50(53-48)41-33-43-46(47-40-29-15-18-32-45(40)54(49(41)47)37-25-11-4-12-26-37)38-27-13-16-30-42(38)51(43,35-21-7-2-8-22-35)36-23-9-3-10-24-36/h1-33H. The predicted octanol–water partition coefficient (Wildman–Crippen LogP) is 12.4. The molecule has 2 aromatic heterocycles. The number of benzene rings is 8. The summed E-state index contributed by atoms with van der Waals surface area (Å²) < 4.78 is 2.43.